The summed E-state index contributed by atoms with van der Waals surface area (Å²) in [7, 11) is 3.69. The number of carbonyl (C=O) groups excluding carboxylic acids is 3. The van der Waals surface area contributed by atoms with Crippen LogP contribution < -0.4 is 32.6 Å². The van der Waals surface area contributed by atoms with E-state index in [0.717, 1.165) is 18.4 Å². The third kappa shape index (κ3) is 5.57. The van der Waals surface area contributed by atoms with Crippen LogP contribution in [0.5, 0.6) is 11.5 Å². The molecule has 4 atom stereocenters. The Balaban J connectivity index is 1.31. The number of carbonyl (C=O) groups is 3. The summed E-state index contributed by atoms with van der Waals surface area (Å²) < 4.78 is 6.68. The SMILES string of the molecule is Cc1cc(Oc2ccccc2)ccc1C1(N)C(=O)C(N)c2c(C(=O)N[C@H]3CC[C@H](NC(=O)CN(C)C)C3)sc3c(N)ccc1c23. The number of Topliss-reactive ketones (excluding diaryl/α,β-unsaturated/α-hetero) is 1. The molecule has 3 aromatic carbocycles. The molecule has 1 fully saturated rings. The van der Waals surface area contributed by atoms with Crippen molar-refractivity contribution in [2.24, 2.45) is 11.5 Å². The van der Waals surface area contributed by atoms with Gasteiger partial charge in [-0.25, -0.2) is 0 Å². The fraction of sp³-hybridized carbons (Fsp3) is 0.324. The van der Waals surface area contributed by atoms with Crippen molar-refractivity contribution in [2.75, 3.05) is 26.4 Å². The number of thiophene rings is 1. The zero-order valence-electron chi connectivity index (χ0n) is 25.6. The minimum absolute atomic E-state index is 0.0137. The van der Waals surface area contributed by atoms with Gasteiger partial charge in [0.05, 0.1) is 22.2 Å². The normalized spacial score (nSPS) is 22.5. The number of ether oxygens (including phenoxy) is 1. The first-order valence-electron chi connectivity index (χ1n) is 15.0. The van der Waals surface area contributed by atoms with Crippen LogP contribution in [-0.2, 0) is 15.1 Å². The van der Waals surface area contributed by atoms with E-state index in [9.17, 15) is 14.4 Å². The van der Waals surface area contributed by atoms with E-state index < -0.39 is 17.4 Å². The summed E-state index contributed by atoms with van der Waals surface area (Å²) in [6, 6.07) is 17.1. The van der Waals surface area contributed by atoms with Gasteiger partial charge in [0.15, 0.2) is 5.78 Å². The summed E-state index contributed by atoms with van der Waals surface area (Å²) >= 11 is 1.23. The lowest BCUT2D eigenvalue weighted by Gasteiger charge is -2.37. The molecule has 234 valence electrons. The lowest BCUT2D eigenvalue weighted by Crippen LogP contribution is -2.53. The number of nitrogens with zero attached hydrogens (tertiary/aromatic N) is 1. The highest BCUT2D eigenvalue weighted by atomic mass is 32.1. The first-order valence-corrected chi connectivity index (χ1v) is 15.8. The van der Waals surface area contributed by atoms with Crippen LogP contribution in [0, 0.1) is 6.92 Å². The van der Waals surface area contributed by atoms with Gasteiger partial charge in [-0.05, 0) is 87.3 Å². The monoisotopic (exact) mass is 626 g/mol. The Hall–Kier alpha value is -4.29. The number of nitrogens with one attached hydrogen (secondary N) is 2. The molecule has 6 rings (SSSR count). The molecule has 45 heavy (non-hydrogen) atoms. The Morgan fingerprint density at radius 3 is 2.38 bits per heavy atom. The van der Waals surface area contributed by atoms with Crippen LogP contribution in [0.4, 0.5) is 5.69 Å². The third-order valence-corrected chi connectivity index (χ3v) is 9.97. The molecule has 0 radical (unpaired) electrons. The molecule has 2 amide bonds. The first kappa shape index (κ1) is 30.7. The molecule has 2 unspecified atom stereocenters. The zero-order valence-corrected chi connectivity index (χ0v) is 26.4. The summed E-state index contributed by atoms with van der Waals surface area (Å²) in [5, 5.41) is 6.82. The number of nitrogen functional groups attached to an aromatic ring is 1. The maximum atomic E-state index is 14.2. The highest BCUT2D eigenvalue weighted by Crippen LogP contribution is 2.50. The molecule has 11 heteroatoms. The number of aryl methyl sites for hydroxylation is 1. The Labute approximate surface area is 265 Å². The van der Waals surface area contributed by atoms with Gasteiger partial charge in [-0.1, -0.05) is 30.3 Å². The van der Waals surface area contributed by atoms with Crippen LogP contribution in [0.1, 0.15) is 57.2 Å². The molecule has 0 saturated heterocycles. The van der Waals surface area contributed by atoms with Gasteiger partial charge in [0.1, 0.15) is 17.0 Å². The van der Waals surface area contributed by atoms with Crippen molar-refractivity contribution in [1.82, 2.24) is 15.5 Å². The molecule has 1 saturated carbocycles. The van der Waals surface area contributed by atoms with Crippen LogP contribution in [0.15, 0.2) is 60.7 Å². The number of likely N-dealkylation sites (N-methyl/N-ethyl adjacent to an activating group) is 1. The van der Waals surface area contributed by atoms with Gasteiger partial charge in [-0.15, -0.1) is 11.3 Å². The summed E-state index contributed by atoms with van der Waals surface area (Å²) in [6.07, 6.45) is 2.12. The predicted octanol–water partition coefficient (Wildman–Crippen LogP) is 3.70. The lowest BCUT2D eigenvalue weighted by molar-refractivity contribution is -0.125. The molecule has 2 aliphatic rings. The van der Waals surface area contributed by atoms with Crippen LogP contribution in [-0.4, -0.2) is 55.2 Å². The molecule has 0 bridgehead atoms. The number of ketones is 1. The maximum Gasteiger partial charge on any atom is 0.261 e. The Morgan fingerprint density at radius 1 is 1.00 bits per heavy atom. The minimum Gasteiger partial charge on any atom is -0.457 e. The lowest BCUT2D eigenvalue weighted by atomic mass is 9.69. The number of hydrogen-bond acceptors (Lipinski definition) is 9. The van der Waals surface area contributed by atoms with Crippen molar-refractivity contribution in [3.8, 4) is 11.5 Å². The van der Waals surface area contributed by atoms with Crippen molar-refractivity contribution in [3.05, 3.63) is 87.8 Å². The number of rotatable bonds is 8. The number of benzene rings is 3. The van der Waals surface area contributed by atoms with E-state index >= 15 is 0 Å². The average molecular weight is 627 g/mol. The van der Waals surface area contributed by atoms with Crippen molar-refractivity contribution < 1.29 is 19.1 Å². The van der Waals surface area contributed by atoms with Crippen molar-refractivity contribution in [1.29, 1.82) is 0 Å². The standard InChI is InChI=1S/C34H38N6O4S/c1-18-15-22(44-21-7-5-4-6-8-21)11-12-23(18)34(37)24-13-14-25(35)30-27(24)28(29(36)32(34)42)31(45-30)33(43)39-20-10-9-19(16-20)38-26(41)17-40(2)3/h4-8,11-15,19-20,29H,9-10,16-17,35-37H2,1-3H3,(H,38,41)(H,39,43)/t19-,20-,29?,34?/m0/s1. The topological polar surface area (TPSA) is 166 Å². The van der Waals surface area contributed by atoms with E-state index in [1.807, 2.05) is 62.3 Å². The Kier molecular flexibility index (Phi) is 8.13. The molecule has 1 aromatic heterocycles. The molecule has 2 aliphatic carbocycles. The number of para-hydroxylation sites is 1. The van der Waals surface area contributed by atoms with Crippen LogP contribution in [0.2, 0.25) is 0 Å². The summed E-state index contributed by atoms with van der Waals surface area (Å²) in [5.41, 5.74) is 21.5. The number of anilines is 1. The van der Waals surface area contributed by atoms with Crippen molar-refractivity contribution >= 4 is 44.7 Å². The highest BCUT2D eigenvalue weighted by Gasteiger charge is 2.49. The molecular weight excluding hydrogens is 588 g/mol. The molecular formula is C34H38N6O4S. The first-order chi connectivity index (χ1) is 21.5. The Morgan fingerprint density at radius 2 is 1.69 bits per heavy atom. The summed E-state index contributed by atoms with van der Waals surface area (Å²) in [4.78, 5) is 42.4. The Bertz CT molecular complexity index is 1810. The highest BCUT2D eigenvalue weighted by molar-refractivity contribution is 7.21. The molecule has 8 N–H and O–H groups in total. The van der Waals surface area contributed by atoms with Gasteiger partial charge in [0.2, 0.25) is 5.91 Å². The summed E-state index contributed by atoms with van der Waals surface area (Å²) in [5.74, 6) is 0.546. The minimum atomic E-state index is -1.56. The average Bonchev–Trinajstić information content (AvgIpc) is 3.61. The molecule has 1 heterocycles. The van der Waals surface area contributed by atoms with Gasteiger partial charge in [-0.2, -0.15) is 0 Å². The largest absolute Gasteiger partial charge is 0.457 e. The van der Waals surface area contributed by atoms with Crippen LogP contribution >= 0.6 is 11.3 Å². The second-order valence-electron chi connectivity index (χ2n) is 12.3. The van der Waals surface area contributed by atoms with Crippen molar-refractivity contribution in [3.63, 3.8) is 0 Å². The van der Waals surface area contributed by atoms with Crippen molar-refractivity contribution in [2.45, 2.75) is 49.9 Å². The number of hydrogen-bond donors (Lipinski definition) is 5. The maximum absolute atomic E-state index is 14.2. The van der Waals surface area contributed by atoms with Gasteiger partial charge in [0, 0.05) is 28.7 Å². The second kappa shape index (κ2) is 11.9. The van der Waals surface area contributed by atoms with E-state index in [0.29, 0.717) is 61.8 Å². The fourth-order valence-corrected chi connectivity index (χ4v) is 7.85. The molecule has 0 spiro atoms. The van der Waals surface area contributed by atoms with Gasteiger partial charge in [0.25, 0.3) is 5.91 Å². The third-order valence-electron chi connectivity index (χ3n) is 8.71. The van der Waals surface area contributed by atoms with E-state index in [4.69, 9.17) is 21.9 Å². The fourth-order valence-electron chi connectivity index (χ4n) is 6.65. The number of nitrogens with two attached hydrogens (primary N) is 3. The number of amides is 2. The van der Waals surface area contributed by atoms with Crippen LogP contribution in [0.25, 0.3) is 10.1 Å². The van der Waals surface area contributed by atoms with Crippen LogP contribution in [0.3, 0.4) is 0 Å². The van der Waals surface area contributed by atoms with Gasteiger partial charge in [-0.3, -0.25) is 14.4 Å². The zero-order chi connectivity index (χ0) is 32.0. The van der Waals surface area contributed by atoms with Gasteiger partial charge < -0.3 is 37.5 Å². The molecule has 4 aromatic rings. The van der Waals surface area contributed by atoms with E-state index in [-0.39, 0.29) is 23.9 Å². The molecule has 0 aliphatic heterocycles. The van der Waals surface area contributed by atoms with E-state index in [2.05, 4.69) is 10.6 Å². The quantitative estimate of drug-likeness (QED) is 0.185. The predicted molar refractivity (Wildman–Crippen MR) is 176 cm³/mol. The van der Waals surface area contributed by atoms with E-state index in [1.54, 1.807) is 24.3 Å². The van der Waals surface area contributed by atoms with Gasteiger partial charge >= 0.3 is 0 Å². The summed E-state index contributed by atoms with van der Waals surface area (Å²) in [6.45, 7) is 2.19. The van der Waals surface area contributed by atoms with E-state index in [1.165, 1.54) is 11.3 Å². The smallest absolute Gasteiger partial charge is 0.261 e. The molecule has 10 nitrogen and oxygen atoms in total. The second-order valence-corrected chi connectivity index (χ2v) is 13.3.